The number of oxime groups is 1. The SMILES string of the molecule is Cn1cnc(C(=O)Nc2[nH]ncc2C(N)=NO)c1. The first kappa shape index (κ1) is 11.6. The van der Waals surface area contributed by atoms with Crippen LogP contribution >= 0.6 is 0 Å². The Morgan fingerprint density at radius 2 is 2.44 bits per heavy atom. The van der Waals surface area contributed by atoms with E-state index in [1.54, 1.807) is 17.8 Å². The number of nitrogens with one attached hydrogen (secondary N) is 2. The van der Waals surface area contributed by atoms with E-state index in [0.29, 0.717) is 5.56 Å². The number of amidine groups is 1. The summed E-state index contributed by atoms with van der Waals surface area (Å²) in [5.41, 5.74) is 5.97. The van der Waals surface area contributed by atoms with Crippen molar-refractivity contribution in [1.82, 2.24) is 19.7 Å². The lowest BCUT2D eigenvalue weighted by Crippen LogP contribution is -2.18. The van der Waals surface area contributed by atoms with Gasteiger partial charge in [0.1, 0.15) is 11.5 Å². The summed E-state index contributed by atoms with van der Waals surface area (Å²) in [6, 6.07) is 0. The lowest BCUT2D eigenvalue weighted by atomic mass is 10.3. The number of imidazole rings is 1. The van der Waals surface area contributed by atoms with E-state index in [0.717, 1.165) is 0 Å². The van der Waals surface area contributed by atoms with Crippen LogP contribution in [-0.2, 0) is 7.05 Å². The van der Waals surface area contributed by atoms with Gasteiger partial charge in [-0.2, -0.15) is 5.10 Å². The van der Waals surface area contributed by atoms with E-state index >= 15 is 0 Å². The predicted molar refractivity (Wildman–Crippen MR) is 62.3 cm³/mol. The van der Waals surface area contributed by atoms with Crippen LogP contribution in [0.25, 0.3) is 0 Å². The molecule has 0 spiro atoms. The lowest BCUT2D eigenvalue weighted by molar-refractivity contribution is 0.102. The molecular weight excluding hydrogens is 238 g/mol. The summed E-state index contributed by atoms with van der Waals surface area (Å²) in [5, 5.41) is 20.2. The van der Waals surface area contributed by atoms with Crippen LogP contribution in [0.5, 0.6) is 0 Å². The van der Waals surface area contributed by atoms with Gasteiger partial charge in [-0.15, -0.1) is 0 Å². The number of carbonyl (C=O) groups excluding carboxylic acids is 1. The van der Waals surface area contributed by atoms with Crippen molar-refractivity contribution in [2.45, 2.75) is 0 Å². The molecule has 5 N–H and O–H groups in total. The second-order valence-corrected chi connectivity index (χ2v) is 3.52. The van der Waals surface area contributed by atoms with Gasteiger partial charge in [0.25, 0.3) is 5.91 Å². The Morgan fingerprint density at radius 3 is 3.06 bits per heavy atom. The molecule has 2 aromatic rings. The normalized spacial score (nSPS) is 11.5. The van der Waals surface area contributed by atoms with E-state index < -0.39 is 5.91 Å². The van der Waals surface area contributed by atoms with E-state index in [-0.39, 0.29) is 17.3 Å². The molecule has 0 saturated heterocycles. The van der Waals surface area contributed by atoms with Crippen molar-refractivity contribution in [2.24, 2.45) is 17.9 Å². The Hall–Kier alpha value is -2.84. The summed E-state index contributed by atoms with van der Waals surface area (Å²) < 4.78 is 1.65. The van der Waals surface area contributed by atoms with Crippen LogP contribution in [-0.4, -0.2) is 36.7 Å². The summed E-state index contributed by atoms with van der Waals surface area (Å²) in [6.07, 6.45) is 4.41. The molecule has 18 heavy (non-hydrogen) atoms. The van der Waals surface area contributed by atoms with Crippen molar-refractivity contribution >= 4 is 17.6 Å². The first-order valence-electron chi connectivity index (χ1n) is 4.92. The first-order chi connectivity index (χ1) is 8.61. The molecule has 94 valence electrons. The summed E-state index contributed by atoms with van der Waals surface area (Å²) in [7, 11) is 1.75. The molecule has 0 bridgehead atoms. The van der Waals surface area contributed by atoms with Crippen LogP contribution in [0.15, 0.2) is 23.9 Å². The van der Waals surface area contributed by atoms with Gasteiger partial charge in [0.15, 0.2) is 5.84 Å². The molecular formula is C9H11N7O2. The summed E-state index contributed by atoms with van der Waals surface area (Å²) in [5.74, 6) is -0.340. The quantitative estimate of drug-likeness (QED) is 0.251. The van der Waals surface area contributed by atoms with Crippen molar-refractivity contribution < 1.29 is 10.0 Å². The smallest absolute Gasteiger partial charge is 0.277 e. The topological polar surface area (TPSA) is 134 Å². The van der Waals surface area contributed by atoms with Crippen molar-refractivity contribution in [2.75, 3.05) is 5.32 Å². The fourth-order valence-corrected chi connectivity index (χ4v) is 1.34. The minimum atomic E-state index is -0.424. The molecule has 0 aromatic carbocycles. The molecule has 1 amide bonds. The van der Waals surface area contributed by atoms with Gasteiger partial charge in [-0.1, -0.05) is 5.16 Å². The van der Waals surface area contributed by atoms with Crippen molar-refractivity contribution in [1.29, 1.82) is 0 Å². The van der Waals surface area contributed by atoms with Gasteiger partial charge in [-0.25, -0.2) is 4.98 Å². The molecule has 0 aliphatic rings. The fraction of sp³-hybridized carbons (Fsp3) is 0.111. The number of H-pyrrole nitrogens is 1. The second-order valence-electron chi connectivity index (χ2n) is 3.52. The molecule has 0 fully saturated rings. The zero-order chi connectivity index (χ0) is 13.1. The average molecular weight is 249 g/mol. The number of hydrogen-bond donors (Lipinski definition) is 4. The van der Waals surface area contributed by atoms with Gasteiger partial charge in [-0.05, 0) is 0 Å². The maximum absolute atomic E-state index is 11.8. The predicted octanol–water partition coefficient (Wildman–Crippen LogP) is -0.510. The first-order valence-corrected chi connectivity index (χ1v) is 4.92. The summed E-state index contributed by atoms with van der Waals surface area (Å²) >= 11 is 0. The molecule has 0 saturated carbocycles. The van der Waals surface area contributed by atoms with Crippen LogP contribution in [0.1, 0.15) is 16.1 Å². The molecule has 0 unspecified atom stereocenters. The number of aryl methyl sites for hydroxylation is 1. The van der Waals surface area contributed by atoms with E-state index in [2.05, 4.69) is 25.7 Å². The number of anilines is 1. The van der Waals surface area contributed by atoms with Crippen molar-refractivity contribution in [3.8, 4) is 0 Å². The fourth-order valence-electron chi connectivity index (χ4n) is 1.34. The van der Waals surface area contributed by atoms with Gasteiger partial charge in [0.05, 0.1) is 18.1 Å². The minimum absolute atomic E-state index is 0.153. The highest BCUT2D eigenvalue weighted by atomic mass is 16.4. The number of aromatic nitrogens is 4. The van der Waals surface area contributed by atoms with Gasteiger partial charge < -0.3 is 20.8 Å². The summed E-state index contributed by atoms with van der Waals surface area (Å²) in [6.45, 7) is 0. The maximum Gasteiger partial charge on any atom is 0.277 e. The average Bonchev–Trinajstić information content (AvgIpc) is 2.97. The molecule has 0 aliphatic carbocycles. The third kappa shape index (κ3) is 2.14. The maximum atomic E-state index is 11.8. The van der Waals surface area contributed by atoms with Gasteiger partial charge in [-0.3, -0.25) is 9.89 Å². The summed E-state index contributed by atoms with van der Waals surface area (Å²) in [4.78, 5) is 15.7. The Labute approximate surface area is 101 Å². The number of rotatable bonds is 3. The number of nitrogens with two attached hydrogens (primary N) is 1. The Kier molecular flexibility index (Phi) is 2.96. The van der Waals surface area contributed by atoms with Crippen molar-refractivity contribution in [3.63, 3.8) is 0 Å². The number of nitrogens with zero attached hydrogens (tertiary/aromatic N) is 4. The third-order valence-electron chi connectivity index (χ3n) is 2.20. The highest BCUT2D eigenvalue weighted by Gasteiger charge is 2.15. The molecule has 0 aliphatic heterocycles. The molecule has 0 radical (unpaired) electrons. The van der Waals surface area contributed by atoms with Crippen LogP contribution in [0.4, 0.5) is 5.82 Å². The van der Waals surface area contributed by atoms with Crippen molar-refractivity contribution in [3.05, 3.63) is 30.0 Å². The van der Waals surface area contributed by atoms with E-state index in [1.807, 2.05) is 0 Å². The van der Waals surface area contributed by atoms with E-state index in [1.165, 1.54) is 12.5 Å². The van der Waals surface area contributed by atoms with Crippen LogP contribution in [0, 0.1) is 0 Å². The van der Waals surface area contributed by atoms with Gasteiger partial charge in [0.2, 0.25) is 0 Å². The molecule has 2 rings (SSSR count). The van der Waals surface area contributed by atoms with Gasteiger partial charge in [0, 0.05) is 13.2 Å². The van der Waals surface area contributed by atoms with Crippen LogP contribution in [0.3, 0.4) is 0 Å². The Bertz CT molecular complexity index is 598. The Balaban J connectivity index is 2.20. The van der Waals surface area contributed by atoms with Crippen LogP contribution in [0.2, 0.25) is 0 Å². The Morgan fingerprint density at radius 1 is 1.67 bits per heavy atom. The van der Waals surface area contributed by atoms with Gasteiger partial charge >= 0.3 is 0 Å². The number of hydrogen-bond acceptors (Lipinski definition) is 5. The standard InChI is InChI=1S/C9H11N7O2/c1-16-3-6(11-4-16)9(17)13-8-5(2-12-14-8)7(10)15-18/h2-4,18H,1H3,(H2,10,15)(H2,12,13,14,17). The highest BCUT2D eigenvalue weighted by Crippen LogP contribution is 2.11. The monoisotopic (exact) mass is 249 g/mol. The third-order valence-corrected chi connectivity index (χ3v) is 2.20. The molecule has 2 aromatic heterocycles. The van der Waals surface area contributed by atoms with E-state index in [4.69, 9.17) is 10.9 Å². The highest BCUT2D eigenvalue weighted by molar-refractivity contribution is 6.08. The number of carbonyl (C=O) groups is 1. The zero-order valence-corrected chi connectivity index (χ0v) is 9.45. The number of aromatic amines is 1. The largest absolute Gasteiger partial charge is 0.409 e. The molecule has 0 atom stereocenters. The van der Waals surface area contributed by atoms with E-state index in [9.17, 15) is 4.79 Å². The molecule has 9 nitrogen and oxygen atoms in total. The number of amides is 1. The molecule has 9 heteroatoms. The second kappa shape index (κ2) is 4.57. The molecule has 2 heterocycles. The zero-order valence-electron chi connectivity index (χ0n) is 9.45. The van der Waals surface area contributed by atoms with Crippen LogP contribution < -0.4 is 11.1 Å². The minimum Gasteiger partial charge on any atom is -0.409 e. The lowest BCUT2D eigenvalue weighted by Gasteiger charge is -2.02.